The van der Waals surface area contributed by atoms with Gasteiger partial charge in [0.2, 0.25) is 11.7 Å². The first-order valence-electron chi connectivity index (χ1n) is 7.95. The monoisotopic (exact) mass is 367 g/mol. The number of sulfone groups is 1. The molecule has 1 saturated heterocycles. The summed E-state index contributed by atoms with van der Waals surface area (Å²) in [7, 11) is -3.00. The molecule has 134 valence electrons. The van der Waals surface area contributed by atoms with E-state index in [-0.39, 0.29) is 35.7 Å². The average Bonchev–Trinajstić information content (AvgIpc) is 3.15. The lowest BCUT2D eigenvalue weighted by atomic mass is 10.2. The Balaban J connectivity index is 1.45. The van der Waals surface area contributed by atoms with E-state index in [0.29, 0.717) is 30.8 Å². The molecule has 1 atom stereocenters. The van der Waals surface area contributed by atoms with Gasteiger partial charge in [0.05, 0.1) is 18.1 Å². The number of hydrogen-bond acceptors (Lipinski definition) is 6. The fraction of sp³-hybridized carbons (Fsp3) is 0.467. The van der Waals surface area contributed by atoms with Crippen LogP contribution in [0.2, 0.25) is 0 Å². The summed E-state index contributed by atoms with van der Waals surface area (Å²) in [4.78, 5) is 13.2. The molecule has 3 rings (SSSR count). The maximum Gasteiger partial charge on any atom is 0.220 e. The molecule has 8 nitrogen and oxygen atoms in total. The molecule has 25 heavy (non-hydrogen) atoms. The largest absolute Gasteiger partial charge is 0.352 e. The molecule has 2 aromatic rings. The Hall–Kier alpha value is -2.36. The molecule has 1 unspecified atom stereocenters. The first-order valence-corrected chi connectivity index (χ1v) is 9.77. The summed E-state index contributed by atoms with van der Waals surface area (Å²) in [6, 6.07) is 5.50. The van der Waals surface area contributed by atoms with Crippen molar-refractivity contribution in [3.05, 3.63) is 30.1 Å². The number of benzene rings is 1. The Morgan fingerprint density at radius 2 is 2.08 bits per heavy atom. The van der Waals surface area contributed by atoms with Crippen molar-refractivity contribution < 1.29 is 17.6 Å². The SMILES string of the molecule is O=C(CCCn1nnc(-c2ccc(F)cc2)n1)NC1CCS(=O)(=O)C1. The summed E-state index contributed by atoms with van der Waals surface area (Å²) in [5.74, 6) is 0.0241. The number of halogens is 1. The lowest BCUT2D eigenvalue weighted by Gasteiger charge is -2.10. The van der Waals surface area contributed by atoms with Crippen molar-refractivity contribution in [2.75, 3.05) is 11.5 Å². The van der Waals surface area contributed by atoms with Gasteiger partial charge in [-0.1, -0.05) is 0 Å². The number of aromatic nitrogens is 4. The molecule has 1 aromatic carbocycles. The average molecular weight is 367 g/mol. The van der Waals surface area contributed by atoms with Crippen LogP contribution in [-0.4, -0.2) is 52.1 Å². The Bertz CT molecular complexity index is 850. The minimum absolute atomic E-state index is 0.0183. The van der Waals surface area contributed by atoms with Gasteiger partial charge in [-0.15, -0.1) is 10.2 Å². The van der Waals surface area contributed by atoms with Gasteiger partial charge in [-0.2, -0.15) is 4.80 Å². The molecule has 0 radical (unpaired) electrons. The molecule has 1 aromatic heterocycles. The molecule has 1 N–H and O–H groups in total. The quantitative estimate of drug-likeness (QED) is 0.800. The maximum atomic E-state index is 12.9. The number of rotatable bonds is 6. The number of hydrogen-bond donors (Lipinski definition) is 1. The molecule has 0 bridgehead atoms. The van der Waals surface area contributed by atoms with Crippen molar-refractivity contribution in [2.45, 2.75) is 31.8 Å². The van der Waals surface area contributed by atoms with Crippen LogP contribution in [0.5, 0.6) is 0 Å². The summed E-state index contributed by atoms with van der Waals surface area (Å²) in [6.07, 6.45) is 1.23. The van der Waals surface area contributed by atoms with Gasteiger partial charge in [0.25, 0.3) is 0 Å². The minimum atomic E-state index is -3.00. The van der Waals surface area contributed by atoms with E-state index in [1.807, 2.05) is 0 Å². The van der Waals surface area contributed by atoms with E-state index in [1.54, 1.807) is 12.1 Å². The lowest BCUT2D eigenvalue weighted by Crippen LogP contribution is -2.35. The fourth-order valence-corrected chi connectivity index (χ4v) is 4.32. The van der Waals surface area contributed by atoms with Gasteiger partial charge in [-0.25, -0.2) is 12.8 Å². The standard InChI is InChI=1S/C15H18FN5O3S/c16-12-5-3-11(4-6-12)15-18-20-21(19-15)8-1-2-14(22)17-13-7-9-25(23,24)10-13/h3-6,13H,1-2,7-10H2,(H,17,22). The zero-order chi connectivity index (χ0) is 17.9. The number of tetrazole rings is 1. The van der Waals surface area contributed by atoms with Crippen molar-refractivity contribution in [3.8, 4) is 11.4 Å². The first kappa shape index (κ1) is 17.5. The Labute approximate surface area is 144 Å². The second-order valence-corrected chi connectivity index (χ2v) is 8.22. The third-order valence-electron chi connectivity index (χ3n) is 3.91. The first-order chi connectivity index (χ1) is 11.9. The van der Waals surface area contributed by atoms with Crippen LogP contribution >= 0.6 is 0 Å². The lowest BCUT2D eigenvalue weighted by molar-refractivity contribution is -0.121. The molecule has 1 aliphatic heterocycles. The molecule has 10 heteroatoms. The van der Waals surface area contributed by atoms with E-state index in [0.717, 1.165) is 0 Å². The predicted octanol–water partition coefficient (Wildman–Crippen LogP) is 0.563. The highest BCUT2D eigenvalue weighted by Gasteiger charge is 2.28. The van der Waals surface area contributed by atoms with Crippen molar-refractivity contribution in [1.82, 2.24) is 25.5 Å². The Morgan fingerprint density at radius 3 is 2.76 bits per heavy atom. The maximum absolute atomic E-state index is 12.9. The molecule has 1 fully saturated rings. The fourth-order valence-electron chi connectivity index (χ4n) is 2.64. The molecule has 1 amide bonds. The van der Waals surface area contributed by atoms with Crippen molar-refractivity contribution in [3.63, 3.8) is 0 Å². The number of carbonyl (C=O) groups is 1. The number of amides is 1. The van der Waals surface area contributed by atoms with Crippen LogP contribution in [0.15, 0.2) is 24.3 Å². The second-order valence-electron chi connectivity index (χ2n) is 5.99. The molecule has 0 spiro atoms. The highest BCUT2D eigenvalue weighted by molar-refractivity contribution is 7.91. The summed E-state index contributed by atoms with van der Waals surface area (Å²) < 4.78 is 35.6. The van der Waals surface area contributed by atoms with Crippen LogP contribution in [0, 0.1) is 5.82 Å². The summed E-state index contributed by atoms with van der Waals surface area (Å²) in [5.41, 5.74) is 0.660. The van der Waals surface area contributed by atoms with Gasteiger partial charge in [-0.3, -0.25) is 4.79 Å². The number of nitrogens with zero attached hydrogens (tertiary/aromatic N) is 4. The minimum Gasteiger partial charge on any atom is -0.352 e. The molecule has 0 aliphatic carbocycles. The number of nitrogens with one attached hydrogen (secondary N) is 1. The van der Waals surface area contributed by atoms with Gasteiger partial charge in [0.15, 0.2) is 9.84 Å². The van der Waals surface area contributed by atoms with E-state index >= 15 is 0 Å². The van der Waals surface area contributed by atoms with Crippen LogP contribution in [0.1, 0.15) is 19.3 Å². The van der Waals surface area contributed by atoms with Gasteiger partial charge < -0.3 is 5.32 Å². The van der Waals surface area contributed by atoms with Gasteiger partial charge in [0, 0.05) is 18.0 Å². The highest BCUT2D eigenvalue weighted by Crippen LogP contribution is 2.14. The van der Waals surface area contributed by atoms with E-state index < -0.39 is 9.84 Å². The topological polar surface area (TPSA) is 107 Å². The molecular weight excluding hydrogens is 349 g/mol. The zero-order valence-corrected chi connectivity index (χ0v) is 14.2. The molecule has 0 saturated carbocycles. The van der Waals surface area contributed by atoms with Crippen molar-refractivity contribution in [2.24, 2.45) is 0 Å². The van der Waals surface area contributed by atoms with Gasteiger partial charge in [-0.05, 0) is 42.3 Å². The van der Waals surface area contributed by atoms with Crippen molar-refractivity contribution in [1.29, 1.82) is 0 Å². The summed E-state index contributed by atoms with van der Waals surface area (Å²) in [6.45, 7) is 0.407. The highest BCUT2D eigenvalue weighted by atomic mass is 32.2. The predicted molar refractivity (Wildman–Crippen MR) is 87.6 cm³/mol. The van der Waals surface area contributed by atoms with E-state index in [2.05, 4.69) is 20.7 Å². The Kier molecular flexibility index (Phi) is 5.07. The van der Waals surface area contributed by atoms with Crippen LogP contribution in [0.25, 0.3) is 11.4 Å². The number of carbonyl (C=O) groups excluding carboxylic acids is 1. The molecule has 2 heterocycles. The van der Waals surface area contributed by atoms with Crippen LogP contribution in [0.3, 0.4) is 0 Å². The van der Waals surface area contributed by atoms with Gasteiger partial charge >= 0.3 is 0 Å². The normalized spacial score (nSPS) is 19.0. The van der Waals surface area contributed by atoms with Gasteiger partial charge in [0.1, 0.15) is 5.82 Å². The molecule has 1 aliphatic rings. The summed E-state index contributed by atoms with van der Waals surface area (Å²) in [5, 5.41) is 14.7. The third-order valence-corrected chi connectivity index (χ3v) is 5.68. The van der Waals surface area contributed by atoms with Crippen LogP contribution < -0.4 is 5.32 Å². The van der Waals surface area contributed by atoms with Crippen LogP contribution in [-0.2, 0) is 21.2 Å². The summed E-state index contributed by atoms with van der Waals surface area (Å²) >= 11 is 0. The van der Waals surface area contributed by atoms with E-state index in [1.165, 1.54) is 16.9 Å². The second kappa shape index (κ2) is 7.26. The number of aryl methyl sites for hydroxylation is 1. The van der Waals surface area contributed by atoms with Crippen molar-refractivity contribution >= 4 is 15.7 Å². The third kappa shape index (κ3) is 4.81. The Morgan fingerprint density at radius 1 is 1.32 bits per heavy atom. The molecular formula is C15H18FN5O3S. The smallest absolute Gasteiger partial charge is 0.220 e. The van der Waals surface area contributed by atoms with Crippen LogP contribution in [0.4, 0.5) is 4.39 Å². The van der Waals surface area contributed by atoms with E-state index in [9.17, 15) is 17.6 Å². The van der Waals surface area contributed by atoms with E-state index in [4.69, 9.17) is 0 Å². The zero-order valence-electron chi connectivity index (χ0n) is 13.4.